The van der Waals surface area contributed by atoms with E-state index in [1.165, 1.54) is 12.0 Å². The second-order valence-electron chi connectivity index (χ2n) is 5.33. The molecule has 0 radical (unpaired) electrons. The highest BCUT2D eigenvalue weighted by molar-refractivity contribution is 5.94. The molecule has 5 nitrogen and oxygen atoms in total. The van der Waals surface area contributed by atoms with E-state index in [-0.39, 0.29) is 19.2 Å². The summed E-state index contributed by atoms with van der Waals surface area (Å²) in [4.78, 5) is 13.7. The number of benzene rings is 2. The number of aliphatic hydroxyl groups excluding tert-OH is 1. The minimum Gasteiger partial charge on any atom is -0.389 e. The first-order valence-corrected chi connectivity index (χ1v) is 7.45. The van der Waals surface area contributed by atoms with E-state index in [4.69, 9.17) is 4.74 Å². The molecular formula is C18H22N2O3. The largest absolute Gasteiger partial charge is 0.389 e. The number of hydrogen-bond acceptors (Lipinski definition) is 3. The van der Waals surface area contributed by atoms with Crippen LogP contribution in [0.3, 0.4) is 0 Å². The number of methoxy groups -OCH3 is 1. The molecule has 2 aromatic carbocycles. The summed E-state index contributed by atoms with van der Waals surface area (Å²) in [5.74, 6) is 0. The molecule has 0 aromatic heterocycles. The van der Waals surface area contributed by atoms with E-state index in [1.807, 2.05) is 54.6 Å². The third-order valence-electron chi connectivity index (χ3n) is 3.44. The molecule has 23 heavy (non-hydrogen) atoms. The van der Waals surface area contributed by atoms with Crippen LogP contribution in [0.2, 0.25) is 0 Å². The number of amides is 2. The number of ether oxygens (including phenoxy) is 1. The van der Waals surface area contributed by atoms with Gasteiger partial charge in [0.1, 0.15) is 0 Å². The molecule has 2 rings (SSSR count). The Morgan fingerprint density at radius 2 is 1.83 bits per heavy atom. The zero-order valence-corrected chi connectivity index (χ0v) is 13.4. The number of carbonyl (C=O) groups is 1. The second-order valence-corrected chi connectivity index (χ2v) is 5.33. The first-order valence-electron chi connectivity index (χ1n) is 7.45. The molecule has 2 aromatic rings. The molecule has 5 heteroatoms. The Kier molecular flexibility index (Phi) is 6.14. The first kappa shape index (κ1) is 17.0. The van der Waals surface area contributed by atoms with Crippen molar-refractivity contribution in [2.45, 2.75) is 6.10 Å². The standard InChI is InChI=1S/C18H22N2O3/c1-20(12-15(21)13-23-2)18(22)19-17-11-7-6-10-16(17)14-8-4-3-5-9-14/h3-11,15,21H,12-13H2,1-2H3,(H,19,22). The van der Waals surface area contributed by atoms with E-state index in [0.717, 1.165) is 16.8 Å². The molecule has 2 N–H and O–H groups in total. The Morgan fingerprint density at radius 1 is 1.17 bits per heavy atom. The summed E-state index contributed by atoms with van der Waals surface area (Å²) in [6, 6.07) is 17.2. The molecular weight excluding hydrogens is 292 g/mol. The number of nitrogens with one attached hydrogen (secondary N) is 1. The van der Waals surface area contributed by atoms with Crippen molar-refractivity contribution in [3.63, 3.8) is 0 Å². The fourth-order valence-electron chi connectivity index (χ4n) is 2.32. The van der Waals surface area contributed by atoms with E-state index >= 15 is 0 Å². The molecule has 1 atom stereocenters. The number of anilines is 1. The van der Waals surface area contributed by atoms with Gasteiger partial charge in [-0.25, -0.2) is 4.79 Å². The summed E-state index contributed by atoms with van der Waals surface area (Å²) in [5, 5.41) is 12.6. The van der Waals surface area contributed by atoms with Crippen LogP contribution in [0.5, 0.6) is 0 Å². The van der Waals surface area contributed by atoms with Gasteiger partial charge >= 0.3 is 6.03 Å². The van der Waals surface area contributed by atoms with Crippen molar-refractivity contribution in [2.24, 2.45) is 0 Å². The Labute approximate surface area is 136 Å². The lowest BCUT2D eigenvalue weighted by atomic mass is 10.0. The lowest BCUT2D eigenvalue weighted by molar-refractivity contribution is 0.0501. The van der Waals surface area contributed by atoms with Gasteiger partial charge in [0.05, 0.1) is 24.9 Å². The topological polar surface area (TPSA) is 61.8 Å². The van der Waals surface area contributed by atoms with Crippen molar-refractivity contribution in [2.75, 3.05) is 32.6 Å². The molecule has 0 bridgehead atoms. The molecule has 0 fully saturated rings. The van der Waals surface area contributed by atoms with E-state index < -0.39 is 6.10 Å². The van der Waals surface area contributed by atoms with Crippen LogP contribution in [-0.4, -0.2) is 49.5 Å². The maximum atomic E-state index is 12.3. The highest BCUT2D eigenvalue weighted by Crippen LogP contribution is 2.27. The van der Waals surface area contributed by atoms with Gasteiger partial charge in [-0.1, -0.05) is 48.5 Å². The van der Waals surface area contributed by atoms with Crippen LogP contribution in [0.25, 0.3) is 11.1 Å². The highest BCUT2D eigenvalue weighted by atomic mass is 16.5. The quantitative estimate of drug-likeness (QED) is 0.862. The highest BCUT2D eigenvalue weighted by Gasteiger charge is 2.15. The third-order valence-corrected chi connectivity index (χ3v) is 3.44. The predicted octanol–water partition coefficient (Wildman–Crippen LogP) is 2.82. The number of rotatable bonds is 6. The van der Waals surface area contributed by atoms with Gasteiger partial charge < -0.3 is 20.1 Å². The summed E-state index contributed by atoms with van der Waals surface area (Å²) in [6.07, 6.45) is -0.708. The molecule has 122 valence electrons. The smallest absolute Gasteiger partial charge is 0.321 e. The van der Waals surface area contributed by atoms with Gasteiger partial charge in [0.25, 0.3) is 0 Å². The minimum atomic E-state index is -0.708. The molecule has 0 saturated heterocycles. The Bertz CT molecular complexity index is 631. The van der Waals surface area contributed by atoms with Crippen LogP contribution >= 0.6 is 0 Å². The number of para-hydroxylation sites is 1. The third kappa shape index (κ3) is 4.81. The molecule has 0 aliphatic heterocycles. The van der Waals surface area contributed by atoms with Gasteiger partial charge in [-0.15, -0.1) is 0 Å². The zero-order chi connectivity index (χ0) is 16.7. The van der Waals surface area contributed by atoms with Crippen LogP contribution in [0.4, 0.5) is 10.5 Å². The number of nitrogens with zero attached hydrogens (tertiary/aromatic N) is 1. The minimum absolute atomic E-state index is 0.193. The van der Waals surface area contributed by atoms with Gasteiger partial charge in [0.15, 0.2) is 0 Å². The Morgan fingerprint density at radius 3 is 2.52 bits per heavy atom. The van der Waals surface area contributed by atoms with Gasteiger partial charge in [0, 0.05) is 19.7 Å². The predicted molar refractivity (Wildman–Crippen MR) is 91.4 cm³/mol. The molecule has 2 amide bonds. The van der Waals surface area contributed by atoms with Crippen molar-refractivity contribution in [1.29, 1.82) is 0 Å². The van der Waals surface area contributed by atoms with Crippen LogP contribution in [0, 0.1) is 0 Å². The van der Waals surface area contributed by atoms with Crippen molar-refractivity contribution in [3.8, 4) is 11.1 Å². The fourth-order valence-corrected chi connectivity index (χ4v) is 2.32. The van der Waals surface area contributed by atoms with E-state index in [9.17, 15) is 9.90 Å². The van der Waals surface area contributed by atoms with E-state index in [0.29, 0.717) is 0 Å². The fraction of sp³-hybridized carbons (Fsp3) is 0.278. The maximum absolute atomic E-state index is 12.3. The number of hydrogen-bond donors (Lipinski definition) is 2. The summed E-state index contributed by atoms with van der Waals surface area (Å²) in [7, 11) is 3.15. The SMILES string of the molecule is COCC(O)CN(C)C(=O)Nc1ccccc1-c1ccccc1. The van der Waals surface area contributed by atoms with Crippen LogP contribution in [0.1, 0.15) is 0 Å². The molecule has 1 unspecified atom stereocenters. The summed E-state index contributed by atoms with van der Waals surface area (Å²) >= 11 is 0. The first-order chi connectivity index (χ1) is 11.1. The number of urea groups is 1. The lowest BCUT2D eigenvalue weighted by Crippen LogP contribution is -2.38. The number of carbonyl (C=O) groups excluding carboxylic acids is 1. The van der Waals surface area contributed by atoms with Crippen molar-refractivity contribution < 1.29 is 14.6 Å². The van der Waals surface area contributed by atoms with E-state index in [2.05, 4.69) is 5.32 Å². The summed E-state index contributed by atoms with van der Waals surface area (Å²) in [5.41, 5.74) is 2.72. The number of aliphatic hydroxyl groups is 1. The number of likely N-dealkylation sites (N-methyl/N-ethyl adjacent to an activating group) is 1. The Balaban J connectivity index is 2.10. The lowest BCUT2D eigenvalue weighted by Gasteiger charge is -2.21. The summed E-state index contributed by atoms with van der Waals surface area (Å²) in [6.45, 7) is 0.394. The van der Waals surface area contributed by atoms with Crippen molar-refractivity contribution in [1.82, 2.24) is 4.90 Å². The van der Waals surface area contributed by atoms with Crippen LogP contribution < -0.4 is 5.32 Å². The normalized spacial score (nSPS) is 11.8. The second kappa shape index (κ2) is 8.31. The van der Waals surface area contributed by atoms with Crippen molar-refractivity contribution in [3.05, 3.63) is 54.6 Å². The van der Waals surface area contributed by atoms with Gasteiger partial charge in [-0.2, -0.15) is 0 Å². The van der Waals surface area contributed by atoms with Gasteiger partial charge in [0.2, 0.25) is 0 Å². The average Bonchev–Trinajstić information content (AvgIpc) is 2.56. The molecule has 0 aliphatic rings. The Hall–Kier alpha value is -2.37. The monoisotopic (exact) mass is 314 g/mol. The molecule has 0 heterocycles. The zero-order valence-electron chi connectivity index (χ0n) is 13.4. The molecule has 0 aliphatic carbocycles. The van der Waals surface area contributed by atoms with E-state index in [1.54, 1.807) is 7.05 Å². The molecule has 0 saturated carbocycles. The molecule has 0 spiro atoms. The average molecular weight is 314 g/mol. The van der Waals surface area contributed by atoms with Gasteiger partial charge in [-0.05, 0) is 11.6 Å². The van der Waals surface area contributed by atoms with Crippen LogP contribution in [-0.2, 0) is 4.74 Å². The van der Waals surface area contributed by atoms with Crippen molar-refractivity contribution >= 4 is 11.7 Å². The summed E-state index contributed by atoms with van der Waals surface area (Å²) < 4.78 is 4.87. The van der Waals surface area contributed by atoms with Crippen LogP contribution in [0.15, 0.2) is 54.6 Å². The maximum Gasteiger partial charge on any atom is 0.321 e. The van der Waals surface area contributed by atoms with Gasteiger partial charge in [-0.3, -0.25) is 0 Å².